The zero-order chi connectivity index (χ0) is 14.5. The lowest BCUT2D eigenvalue weighted by atomic mass is 10.0. The summed E-state index contributed by atoms with van der Waals surface area (Å²) < 4.78 is 11.0. The standard InChI is InChI=1S/C18H21NO2/c19-11-14-3-5-16(6-4-14)17-7-9-18(10-8-17)21-13-20-12-15-1-2-15/h3-10,15H,1-2,11-13,19H2. The molecular formula is C18H21NO2. The summed E-state index contributed by atoms with van der Waals surface area (Å²) in [6, 6.07) is 16.4. The Balaban J connectivity index is 1.54. The maximum absolute atomic E-state index is 5.61. The smallest absolute Gasteiger partial charge is 0.189 e. The molecule has 0 spiro atoms. The highest BCUT2D eigenvalue weighted by Gasteiger charge is 2.21. The first-order valence-corrected chi connectivity index (χ1v) is 7.45. The molecule has 110 valence electrons. The van der Waals surface area contributed by atoms with E-state index in [0.29, 0.717) is 13.3 Å². The van der Waals surface area contributed by atoms with Crippen LogP contribution in [0, 0.1) is 5.92 Å². The van der Waals surface area contributed by atoms with Gasteiger partial charge in [0.2, 0.25) is 0 Å². The lowest BCUT2D eigenvalue weighted by Gasteiger charge is -2.08. The number of hydrogen-bond acceptors (Lipinski definition) is 3. The summed E-state index contributed by atoms with van der Waals surface area (Å²) in [6.45, 7) is 1.74. The maximum Gasteiger partial charge on any atom is 0.189 e. The monoisotopic (exact) mass is 283 g/mol. The highest BCUT2D eigenvalue weighted by Crippen LogP contribution is 2.28. The van der Waals surface area contributed by atoms with Gasteiger partial charge in [0, 0.05) is 6.54 Å². The molecule has 0 aromatic heterocycles. The summed E-state index contributed by atoms with van der Waals surface area (Å²) in [5.74, 6) is 1.61. The molecule has 3 rings (SSSR count). The van der Waals surface area contributed by atoms with Gasteiger partial charge in [0.15, 0.2) is 6.79 Å². The summed E-state index contributed by atoms with van der Waals surface area (Å²) in [5, 5.41) is 0. The zero-order valence-electron chi connectivity index (χ0n) is 12.1. The highest BCUT2D eigenvalue weighted by molar-refractivity contribution is 5.64. The molecule has 0 saturated heterocycles. The Morgan fingerprint density at radius 2 is 1.52 bits per heavy atom. The molecule has 0 bridgehead atoms. The van der Waals surface area contributed by atoms with Crippen molar-refractivity contribution in [2.45, 2.75) is 19.4 Å². The number of rotatable bonds is 7. The van der Waals surface area contributed by atoms with Crippen LogP contribution in [0.3, 0.4) is 0 Å². The largest absolute Gasteiger partial charge is 0.468 e. The van der Waals surface area contributed by atoms with Gasteiger partial charge in [0.05, 0.1) is 6.61 Å². The van der Waals surface area contributed by atoms with E-state index in [1.54, 1.807) is 0 Å². The summed E-state index contributed by atoms with van der Waals surface area (Å²) in [6.07, 6.45) is 2.61. The van der Waals surface area contributed by atoms with Crippen molar-refractivity contribution >= 4 is 0 Å². The zero-order valence-corrected chi connectivity index (χ0v) is 12.1. The van der Waals surface area contributed by atoms with E-state index in [2.05, 4.69) is 36.4 Å². The molecule has 1 aliphatic carbocycles. The fraction of sp³-hybridized carbons (Fsp3) is 0.333. The Morgan fingerprint density at radius 3 is 2.10 bits per heavy atom. The van der Waals surface area contributed by atoms with Crippen LogP contribution < -0.4 is 10.5 Å². The third kappa shape index (κ3) is 4.06. The Hall–Kier alpha value is -1.84. The van der Waals surface area contributed by atoms with Gasteiger partial charge in [-0.15, -0.1) is 0 Å². The van der Waals surface area contributed by atoms with Crippen molar-refractivity contribution in [1.29, 1.82) is 0 Å². The predicted octanol–water partition coefficient (Wildman–Crippen LogP) is 3.58. The average molecular weight is 283 g/mol. The fourth-order valence-corrected chi connectivity index (χ4v) is 2.19. The Kier molecular flexibility index (Phi) is 4.53. The van der Waals surface area contributed by atoms with Gasteiger partial charge in [0.1, 0.15) is 5.75 Å². The summed E-state index contributed by atoms with van der Waals surface area (Å²) >= 11 is 0. The summed E-state index contributed by atoms with van der Waals surface area (Å²) in [5.41, 5.74) is 9.11. The number of ether oxygens (including phenoxy) is 2. The van der Waals surface area contributed by atoms with Crippen molar-refractivity contribution in [3.05, 3.63) is 54.1 Å². The molecule has 2 aromatic carbocycles. The minimum atomic E-state index is 0.334. The van der Waals surface area contributed by atoms with Gasteiger partial charge in [0.25, 0.3) is 0 Å². The first kappa shape index (κ1) is 14.1. The molecule has 3 heteroatoms. The predicted molar refractivity (Wildman–Crippen MR) is 83.9 cm³/mol. The topological polar surface area (TPSA) is 44.5 Å². The van der Waals surface area contributed by atoms with Gasteiger partial charge in [-0.25, -0.2) is 0 Å². The molecule has 1 fully saturated rings. The quantitative estimate of drug-likeness (QED) is 0.624. The van der Waals surface area contributed by atoms with Gasteiger partial charge in [-0.3, -0.25) is 0 Å². The van der Waals surface area contributed by atoms with Crippen molar-refractivity contribution < 1.29 is 9.47 Å². The molecular weight excluding hydrogens is 262 g/mol. The van der Waals surface area contributed by atoms with E-state index < -0.39 is 0 Å². The van der Waals surface area contributed by atoms with E-state index in [9.17, 15) is 0 Å². The molecule has 0 heterocycles. The van der Waals surface area contributed by atoms with Crippen LogP contribution in [-0.4, -0.2) is 13.4 Å². The van der Waals surface area contributed by atoms with Gasteiger partial charge in [-0.1, -0.05) is 36.4 Å². The van der Waals surface area contributed by atoms with E-state index in [0.717, 1.165) is 23.8 Å². The number of nitrogens with two attached hydrogens (primary N) is 1. The van der Waals surface area contributed by atoms with Crippen LogP contribution in [0.4, 0.5) is 0 Å². The molecule has 1 saturated carbocycles. The third-order valence-electron chi connectivity index (χ3n) is 3.74. The van der Waals surface area contributed by atoms with Crippen LogP contribution in [0.5, 0.6) is 5.75 Å². The molecule has 2 aromatic rings. The Bertz CT molecular complexity index is 559. The normalized spacial score (nSPS) is 14.1. The van der Waals surface area contributed by atoms with Gasteiger partial charge < -0.3 is 15.2 Å². The Morgan fingerprint density at radius 1 is 0.905 bits per heavy atom. The minimum absolute atomic E-state index is 0.334. The van der Waals surface area contributed by atoms with Gasteiger partial charge in [-0.05, 0) is 47.6 Å². The van der Waals surface area contributed by atoms with Gasteiger partial charge in [-0.2, -0.15) is 0 Å². The summed E-state index contributed by atoms with van der Waals surface area (Å²) in [7, 11) is 0. The first-order valence-electron chi connectivity index (χ1n) is 7.45. The molecule has 0 unspecified atom stereocenters. The minimum Gasteiger partial charge on any atom is -0.468 e. The van der Waals surface area contributed by atoms with E-state index in [1.807, 2.05) is 12.1 Å². The second-order valence-electron chi connectivity index (χ2n) is 5.50. The van der Waals surface area contributed by atoms with Crippen LogP contribution >= 0.6 is 0 Å². The molecule has 0 amide bonds. The number of hydrogen-bond donors (Lipinski definition) is 1. The van der Waals surface area contributed by atoms with E-state index >= 15 is 0 Å². The van der Waals surface area contributed by atoms with E-state index in [-0.39, 0.29) is 0 Å². The second kappa shape index (κ2) is 6.74. The van der Waals surface area contributed by atoms with Crippen molar-refractivity contribution in [2.24, 2.45) is 11.7 Å². The third-order valence-corrected chi connectivity index (χ3v) is 3.74. The molecule has 2 N–H and O–H groups in total. The first-order chi connectivity index (χ1) is 10.3. The lowest BCUT2D eigenvalue weighted by molar-refractivity contribution is 0.00999. The molecule has 1 aliphatic rings. The SMILES string of the molecule is NCc1ccc(-c2ccc(OCOCC3CC3)cc2)cc1. The van der Waals surface area contributed by atoms with E-state index in [1.165, 1.54) is 24.0 Å². The van der Waals surface area contributed by atoms with Crippen molar-refractivity contribution in [2.75, 3.05) is 13.4 Å². The molecule has 0 atom stereocenters. The van der Waals surface area contributed by atoms with Crippen LogP contribution in [0.2, 0.25) is 0 Å². The van der Waals surface area contributed by atoms with Crippen LogP contribution in [0.25, 0.3) is 11.1 Å². The van der Waals surface area contributed by atoms with Crippen LogP contribution in [0.1, 0.15) is 18.4 Å². The van der Waals surface area contributed by atoms with Crippen LogP contribution in [-0.2, 0) is 11.3 Å². The van der Waals surface area contributed by atoms with Crippen LogP contribution in [0.15, 0.2) is 48.5 Å². The average Bonchev–Trinajstić information content (AvgIpc) is 3.37. The fourth-order valence-electron chi connectivity index (χ4n) is 2.19. The van der Waals surface area contributed by atoms with Crippen molar-refractivity contribution in [1.82, 2.24) is 0 Å². The Labute approximate surface area is 125 Å². The summed E-state index contributed by atoms with van der Waals surface area (Å²) in [4.78, 5) is 0. The molecule has 0 aliphatic heterocycles. The lowest BCUT2D eigenvalue weighted by Crippen LogP contribution is -2.04. The molecule has 3 nitrogen and oxygen atoms in total. The van der Waals surface area contributed by atoms with Crippen molar-refractivity contribution in [3.8, 4) is 16.9 Å². The molecule has 21 heavy (non-hydrogen) atoms. The van der Waals surface area contributed by atoms with Gasteiger partial charge >= 0.3 is 0 Å². The second-order valence-corrected chi connectivity index (χ2v) is 5.50. The maximum atomic E-state index is 5.61. The van der Waals surface area contributed by atoms with Crippen molar-refractivity contribution in [3.63, 3.8) is 0 Å². The molecule has 0 radical (unpaired) electrons. The number of benzene rings is 2. The highest BCUT2D eigenvalue weighted by atomic mass is 16.7. The van der Waals surface area contributed by atoms with E-state index in [4.69, 9.17) is 15.2 Å².